The second-order valence-electron chi connectivity index (χ2n) is 4.82. The van der Waals surface area contributed by atoms with Crippen molar-refractivity contribution in [3.05, 3.63) is 30.3 Å². The molecule has 1 aromatic rings. The molecule has 104 valence electrons. The van der Waals surface area contributed by atoms with E-state index in [-0.39, 0.29) is 12.2 Å². The highest BCUT2D eigenvalue weighted by Crippen LogP contribution is 2.11. The van der Waals surface area contributed by atoms with Gasteiger partial charge in [0.1, 0.15) is 5.75 Å². The first-order valence-corrected chi connectivity index (χ1v) is 6.43. The molecule has 19 heavy (non-hydrogen) atoms. The van der Waals surface area contributed by atoms with Crippen molar-refractivity contribution in [2.24, 2.45) is 0 Å². The van der Waals surface area contributed by atoms with Gasteiger partial charge in [0, 0.05) is 20.1 Å². The number of benzene rings is 1. The maximum atomic E-state index is 11.9. The molecule has 1 saturated heterocycles. The number of hydrogen-bond donors (Lipinski definition) is 0. The molecule has 5 nitrogen and oxygen atoms in total. The summed E-state index contributed by atoms with van der Waals surface area (Å²) < 4.78 is 10.9. The van der Waals surface area contributed by atoms with Gasteiger partial charge in [0.05, 0.1) is 19.3 Å². The summed E-state index contributed by atoms with van der Waals surface area (Å²) in [5.41, 5.74) is 0. The molecule has 0 spiro atoms. The minimum atomic E-state index is -0.358. The second-order valence-corrected chi connectivity index (χ2v) is 4.82. The Morgan fingerprint density at radius 1 is 1.47 bits per heavy atom. The third kappa shape index (κ3) is 4.22. The highest BCUT2D eigenvalue weighted by molar-refractivity contribution is 5.70. The summed E-state index contributed by atoms with van der Waals surface area (Å²) in [4.78, 5) is 15.7. The molecule has 1 amide bonds. The fourth-order valence-corrected chi connectivity index (χ4v) is 2.02. The lowest BCUT2D eigenvalue weighted by Gasteiger charge is -2.32. The Morgan fingerprint density at radius 2 is 2.21 bits per heavy atom. The van der Waals surface area contributed by atoms with Crippen LogP contribution >= 0.6 is 0 Å². The van der Waals surface area contributed by atoms with E-state index in [1.165, 1.54) is 0 Å². The van der Waals surface area contributed by atoms with Crippen molar-refractivity contribution in [1.82, 2.24) is 9.80 Å². The van der Waals surface area contributed by atoms with Gasteiger partial charge in [0.25, 0.3) is 0 Å². The van der Waals surface area contributed by atoms with Gasteiger partial charge in [-0.05, 0) is 19.2 Å². The van der Waals surface area contributed by atoms with Gasteiger partial charge < -0.3 is 19.3 Å². The first kappa shape index (κ1) is 13.8. The van der Waals surface area contributed by atoms with E-state index in [0.717, 1.165) is 13.1 Å². The maximum Gasteiger partial charge on any atom is 0.415 e. The molecule has 1 heterocycles. The smallest absolute Gasteiger partial charge is 0.410 e. The number of carbonyl (C=O) groups is 1. The zero-order valence-corrected chi connectivity index (χ0v) is 11.4. The number of para-hydroxylation sites is 1. The van der Waals surface area contributed by atoms with Crippen LogP contribution in [-0.4, -0.2) is 62.3 Å². The van der Waals surface area contributed by atoms with Gasteiger partial charge in [-0.15, -0.1) is 0 Å². The quantitative estimate of drug-likeness (QED) is 0.828. The van der Waals surface area contributed by atoms with Gasteiger partial charge in [0.2, 0.25) is 0 Å². The fraction of sp³-hybridized carbons (Fsp3) is 0.500. The molecule has 0 radical (unpaired) electrons. The number of rotatable bonds is 3. The van der Waals surface area contributed by atoms with Gasteiger partial charge >= 0.3 is 6.09 Å². The monoisotopic (exact) mass is 264 g/mol. The third-order valence-corrected chi connectivity index (χ3v) is 3.08. The SMILES string of the molecule is CN1CCOC(CN(C)C(=O)Oc2ccccc2)C1. The van der Waals surface area contributed by atoms with E-state index < -0.39 is 0 Å². The molecule has 1 fully saturated rings. The molecule has 2 rings (SSSR count). The number of amides is 1. The molecular formula is C14H20N2O3. The first-order valence-electron chi connectivity index (χ1n) is 6.43. The van der Waals surface area contributed by atoms with Crippen LogP contribution in [-0.2, 0) is 4.74 Å². The Morgan fingerprint density at radius 3 is 2.89 bits per heavy atom. The Bertz CT molecular complexity index is 410. The van der Waals surface area contributed by atoms with Crippen molar-refractivity contribution >= 4 is 6.09 Å². The average Bonchev–Trinajstić information content (AvgIpc) is 2.40. The number of carbonyl (C=O) groups excluding carboxylic acids is 1. The second kappa shape index (κ2) is 6.54. The molecular weight excluding hydrogens is 244 g/mol. The first-order chi connectivity index (χ1) is 9.15. The lowest BCUT2D eigenvalue weighted by molar-refractivity contribution is -0.0299. The van der Waals surface area contributed by atoms with Gasteiger partial charge in [-0.25, -0.2) is 4.79 Å². The molecule has 1 unspecified atom stereocenters. The van der Waals surface area contributed by atoms with Gasteiger partial charge in [-0.3, -0.25) is 0 Å². The lowest BCUT2D eigenvalue weighted by Crippen LogP contribution is -2.46. The van der Waals surface area contributed by atoms with E-state index in [9.17, 15) is 4.79 Å². The Balaban J connectivity index is 1.82. The number of likely N-dealkylation sites (N-methyl/N-ethyl adjacent to an activating group) is 2. The molecule has 1 aliphatic rings. The summed E-state index contributed by atoms with van der Waals surface area (Å²) >= 11 is 0. The van der Waals surface area contributed by atoms with Gasteiger partial charge in [0.15, 0.2) is 0 Å². The van der Waals surface area contributed by atoms with Crippen molar-refractivity contribution in [2.45, 2.75) is 6.10 Å². The molecule has 5 heteroatoms. The standard InChI is InChI=1S/C14H20N2O3/c1-15-8-9-18-13(10-15)11-16(2)14(17)19-12-6-4-3-5-7-12/h3-7,13H,8-11H2,1-2H3. The molecule has 0 bridgehead atoms. The number of ether oxygens (including phenoxy) is 2. The molecule has 0 saturated carbocycles. The maximum absolute atomic E-state index is 11.9. The highest BCUT2D eigenvalue weighted by Gasteiger charge is 2.22. The van der Waals surface area contributed by atoms with Crippen LogP contribution in [0.25, 0.3) is 0 Å². The van der Waals surface area contributed by atoms with Gasteiger partial charge in [-0.2, -0.15) is 0 Å². The molecule has 0 aliphatic carbocycles. The number of morpholine rings is 1. The molecule has 0 aromatic heterocycles. The summed E-state index contributed by atoms with van der Waals surface area (Å²) in [7, 11) is 3.78. The van der Waals surface area contributed by atoms with E-state index in [4.69, 9.17) is 9.47 Å². The van der Waals surface area contributed by atoms with E-state index in [0.29, 0.717) is 18.9 Å². The van der Waals surface area contributed by atoms with Crippen LogP contribution in [0.2, 0.25) is 0 Å². The minimum Gasteiger partial charge on any atom is -0.410 e. The minimum absolute atomic E-state index is 0.0482. The Labute approximate surface area is 113 Å². The summed E-state index contributed by atoms with van der Waals surface area (Å²) in [5.74, 6) is 0.557. The summed E-state index contributed by atoms with van der Waals surface area (Å²) in [5, 5.41) is 0. The van der Waals surface area contributed by atoms with Crippen LogP contribution in [0.3, 0.4) is 0 Å². The van der Waals surface area contributed by atoms with Crippen LogP contribution in [0.4, 0.5) is 4.79 Å². The Kier molecular flexibility index (Phi) is 4.76. The van der Waals surface area contributed by atoms with Crippen LogP contribution in [0.15, 0.2) is 30.3 Å². The van der Waals surface area contributed by atoms with Crippen LogP contribution in [0.1, 0.15) is 0 Å². The predicted molar refractivity (Wildman–Crippen MR) is 72.3 cm³/mol. The van der Waals surface area contributed by atoms with E-state index >= 15 is 0 Å². The molecule has 1 atom stereocenters. The summed E-state index contributed by atoms with van der Waals surface area (Å²) in [6, 6.07) is 9.07. The highest BCUT2D eigenvalue weighted by atomic mass is 16.6. The molecule has 1 aromatic carbocycles. The fourth-order valence-electron chi connectivity index (χ4n) is 2.02. The summed E-state index contributed by atoms with van der Waals surface area (Å²) in [6.07, 6.45) is -0.310. The number of hydrogen-bond acceptors (Lipinski definition) is 4. The zero-order valence-electron chi connectivity index (χ0n) is 11.4. The average molecular weight is 264 g/mol. The Hall–Kier alpha value is -1.59. The lowest BCUT2D eigenvalue weighted by atomic mass is 10.3. The topological polar surface area (TPSA) is 42.0 Å². The van der Waals surface area contributed by atoms with Crippen molar-refractivity contribution < 1.29 is 14.3 Å². The molecule has 1 aliphatic heterocycles. The largest absolute Gasteiger partial charge is 0.415 e. The molecule has 0 N–H and O–H groups in total. The normalized spacial score (nSPS) is 20.0. The van der Waals surface area contributed by atoms with Crippen molar-refractivity contribution in [1.29, 1.82) is 0 Å². The number of nitrogens with zero attached hydrogens (tertiary/aromatic N) is 2. The van der Waals surface area contributed by atoms with E-state index in [2.05, 4.69) is 11.9 Å². The zero-order chi connectivity index (χ0) is 13.7. The predicted octanol–water partition coefficient (Wildman–Crippen LogP) is 1.45. The van der Waals surface area contributed by atoms with Crippen LogP contribution in [0.5, 0.6) is 5.75 Å². The summed E-state index contributed by atoms with van der Waals surface area (Å²) in [6.45, 7) is 3.02. The van der Waals surface area contributed by atoms with Crippen LogP contribution < -0.4 is 4.74 Å². The van der Waals surface area contributed by atoms with Crippen molar-refractivity contribution in [3.8, 4) is 5.75 Å². The van der Waals surface area contributed by atoms with Crippen LogP contribution in [0, 0.1) is 0 Å². The van der Waals surface area contributed by atoms with Gasteiger partial charge in [-0.1, -0.05) is 18.2 Å². The van der Waals surface area contributed by atoms with Crippen molar-refractivity contribution in [3.63, 3.8) is 0 Å². The van der Waals surface area contributed by atoms with Crippen molar-refractivity contribution in [2.75, 3.05) is 40.3 Å². The van der Waals surface area contributed by atoms with E-state index in [1.807, 2.05) is 18.2 Å². The third-order valence-electron chi connectivity index (χ3n) is 3.08. The van der Waals surface area contributed by atoms with E-state index in [1.54, 1.807) is 24.1 Å².